The first-order valence-corrected chi connectivity index (χ1v) is 7.78. The molecule has 0 spiro atoms. The molecular formula is C16H11ClFIN2. The van der Waals surface area contributed by atoms with E-state index < -0.39 is 5.82 Å². The summed E-state index contributed by atoms with van der Waals surface area (Å²) in [7, 11) is 0. The molecule has 0 fully saturated rings. The van der Waals surface area contributed by atoms with Crippen LogP contribution in [0.2, 0.25) is 5.02 Å². The SMILES string of the molecule is Cc1ccc(-c2c(I)cnn2-c2ccc(F)c(Cl)c2)cc1. The van der Waals surface area contributed by atoms with Crippen LogP contribution >= 0.6 is 34.2 Å². The second kappa shape index (κ2) is 5.77. The lowest BCUT2D eigenvalue weighted by molar-refractivity contribution is 0.627. The Bertz CT molecular complexity index is 797. The minimum atomic E-state index is -0.431. The van der Waals surface area contributed by atoms with Crippen LogP contribution in [0.3, 0.4) is 0 Å². The maximum absolute atomic E-state index is 13.3. The number of aromatic nitrogens is 2. The molecule has 0 aliphatic rings. The van der Waals surface area contributed by atoms with Gasteiger partial charge >= 0.3 is 0 Å². The largest absolute Gasteiger partial charge is 0.232 e. The van der Waals surface area contributed by atoms with Gasteiger partial charge in [0.2, 0.25) is 0 Å². The number of aryl methyl sites for hydroxylation is 1. The maximum atomic E-state index is 13.3. The highest BCUT2D eigenvalue weighted by Crippen LogP contribution is 2.29. The molecule has 0 bridgehead atoms. The lowest BCUT2D eigenvalue weighted by Crippen LogP contribution is -2.00. The number of hydrogen-bond acceptors (Lipinski definition) is 1. The van der Waals surface area contributed by atoms with Gasteiger partial charge in [-0.3, -0.25) is 0 Å². The Morgan fingerprint density at radius 1 is 1.14 bits per heavy atom. The van der Waals surface area contributed by atoms with Gasteiger partial charge in [0.25, 0.3) is 0 Å². The standard InChI is InChI=1S/C16H11ClFIN2/c1-10-2-4-11(5-3-10)16-15(19)9-20-21(16)12-6-7-14(18)13(17)8-12/h2-9H,1H3. The Labute approximate surface area is 140 Å². The molecule has 0 saturated heterocycles. The fourth-order valence-corrected chi connectivity index (χ4v) is 2.95. The Balaban J connectivity index is 2.16. The predicted molar refractivity (Wildman–Crippen MR) is 91.4 cm³/mol. The number of halogens is 3. The molecule has 1 heterocycles. The van der Waals surface area contributed by atoms with E-state index in [0.29, 0.717) is 0 Å². The van der Waals surface area contributed by atoms with Crippen molar-refractivity contribution in [1.29, 1.82) is 0 Å². The van der Waals surface area contributed by atoms with E-state index >= 15 is 0 Å². The van der Waals surface area contributed by atoms with Crippen LogP contribution in [0.4, 0.5) is 4.39 Å². The lowest BCUT2D eigenvalue weighted by atomic mass is 10.1. The minimum Gasteiger partial charge on any atom is -0.232 e. The maximum Gasteiger partial charge on any atom is 0.141 e. The van der Waals surface area contributed by atoms with Gasteiger partial charge in [0.1, 0.15) is 5.82 Å². The summed E-state index contributed by atoms with van der Waals surface area (Å²) in [6, 6.07) is 12.8. The van der Waals surface area contributed by atoms with Gasteiger partial charge in [-0.1, -0.05) is 41.4 Å². The van der Waals surface area contributed by atoms with Crippen molar-refractivity contribution in [1.82, 2.24) is 9.78 Å². The third-order valence-corrected chi connectivity index (χ3v) is 4.28. The van der Waals surface area contributed by atoms with Gasteiger partial charge in [-0.05, 0) is 47.7 Å². The zero-order chi connectivity index (χ0) is 15.0. The third-order valence-electron chi connectivity index (χ3n) is 3.20. The van der Waals surface area contributed by atoms with Gasteiger partial charge in [-0.15, -0.1) is 0 Å². The molecule has 1 aromatic heterocycles. The molecule has 106 valence electrons. The molecular weight excluding hydrogens is 402 g/mol. The van der Waals surface area contributed by atoms with Crippen LogP contribution in [0.1, 0.15) is 5.56 Å². The molecule has 0 aliphatic heterocycles. The van der Waals surface area contributed by atoms with E-state index in [1.807, 2.05) is 6.92 Å². The van der Waals surface area contributed by atoms with Gasteiger partial charge in [0, 0.05) is 5.56 Å². The molecule has 3 aromatic rings. The van der Waals surface area contributed by atoms with Crippen molar-refractivity contribution in [3.8, 4) is 16.9 Å². The predicted octanol–water partition coefficient (Wildman–Crippen LogP) is 5.24. The van der Waals surface area contributed by atoms with Crippen molar-refractivity contribution in [3.05, 3.63) is 68.6 Å². The van der Waals surface area contributed by atoms with Crippen molar-refractivity contribution in [2.45, 2.75) is 6.92 Å². The van der Waals surface area contributed by atoms with Crippen LogP contribution in [0.25, 0.3) is 16.9 Å². The molecule has 0 unspecified atom stereocenters. The van der Waals surface area contributed by atoms with Crippen molar-refractivity contribution in [2.24, 2.45) is 0 Å². The molecule has 5 heteroatoms. The topological polar surface area (TPSA) is 17.8 Å². The summed E-state index contributed by atoms with van der Waals surface area (Å²) in [5.74, 6) is -0.431. The zero-order valence-corrected chi connectivity index (χ0v) is 14.1. The highest BCUT2D eigenvalue weighted by atomic mass is 127. The molecule has 2 aromatic carbocycles. The van der Waals surface area contributed by atoms with Crippen LogP contribution < -0.4 is 0 Å². The quantitative estimate of drug-likeness (QED) is 0.526. The zero-order valence-electron chi connectivity index (χ0n) is 11.1. The molecule has 0 atom stereocenters. The van der Waals surface area contributed by atoms with E-state index in [2.05, 4.69) is 52.0 Å². The molecule has 21 heavy (non-hydrogen) atoms. The second-order valence-corrected chi connectivity index (χ2v) is 6.29. The van der Waals surface area contributed by atoms with Crippen molar-refractivity contribution >= 4 is 34.2 Å². The molecule has 0 radical (unpaired) electrons. The van der Waals surface area contributed by atoms with Crippen LogP contribution in [0.15, 0.2) is 48.7 Å². The monoisotopic (exact) mass is 412 g/mol. The second-order valence-electron chi connectivity index (χ2n) is 4.72. The minimum absolute atomic E-state index is 0.0906. The van der Waals surface area contributed by atoms with E-state index in [1.54, 1.807) is 23.0 Å². The van der Waals surface area contributed by atoms with Crippen molar-refractivity contribution < 1.29 is 4.39 Å². The first-order chi connectivity index (χ1) is 10.1. The lowest BCUT2D eigenvalue weighted by Gasteiger charge is -2.09. The van der Waals surface area contributed by atoms with Crippen molar-refractivity contribution in [3.63, 3.8) is 0 Å². The Hall–Kier alpha value is -1.40. The fraction of sp³-hybridized carbons (Fsp3) is 0.0625. The first kappa shape index (κ1) is 14.5. The highest BCUT2D eigenvalue weighted by molar-refractivity contribution is 14.1. The highest BCUT2D eigenvalue weighted by Gasteiger charge is 2.13. The van der Waals surface area contributed by atoms with E-state index in [9.17, 15) is 4.39 Å². The number of nitrogens with zero attached hydrogens (tertiary/aromatic N) is 2. The average Bonchev–Trinajstić information content (AvgIpc) is 2.85. The van der Waals surface area contributed by atoms with Crippen LogP contribution in [0, 0.1) is 16.3 Å². The molecule has 0 saturated carbocycles. The average molecular weight is 413 g/mol. The van der Waals surface area contributed by atoms with Crippen LogP contribution in [0.5, 0.6) is 0 Å². The molecule has 0 amide bonds. The Kier molecular flexibility index (Phi) is 3.99. The van der Waals surface area contributed by atoms with Gasteiger partial charge < -0.3 is 0 Å². The van der Waals surface area contributed by atoms with Gasteiger partial charge in [0.15, 0.2) is 0 Å². The normalized spacial score (nSPS) is 10.9. The fourth-order valence-electron chi connectivity index (χ4n) is 2.11. The Morgan fingerprint density at radius 3 is 2.52 bits per heavy atom. The van der Waals surface area contributed by atoms with Crippen LogP contribution in [-0.2, 0) is 0 Å². The third kappa shape index (κ3) is 2.82. The Morgan fingerprint density at radius 2 is 1.86 bits per heavy atom. The summed E-state index contributed by atoms with van der Waals surface area (Å²) < 4.78 is 16.1. The number of benzene rings is 2. The summed E-state index contributed by atoms with van der Waals surface area (Å²) in [5.41, 5.74) is 3.96. The number of rotatable bonds is 2. The smallest absolute Gasteiger partial charge is 0.141 e. The van der Waals surface area contributed by atoms with E-state index in [-0.39, 0.29) is 5.02 Å². The molecule has 3 rings (SSSR count). The van der Waals surface area contributed by atoms with Gasteiger partial charge in [-0.25, -0.2) is 9.07 Å². The van der Waals surface area contributed by atoms with E-state index in [1.165, 1.54) is 11.6 Å². The molecule has 0 aliphatic carbocycles. The summed E-state index contributed by atoms with van der Waals surface area (Å²) in [6.07, 6.45) is 1.78. The summed E-state index contributed by atoms with van der Waals surface area (Å²) in [4.78, 5) is 0. The summed E-state index contributed by atoms with van der Waals surface area (Å²) in [6.45, 7) is 2.05. The summed E-state index contributed by atoms with van der Waals surface area (Å²) >= 11 is 8.12. The summed E-state index contributed by atoms with van der Waals surface area (Å²) in [5, 5.41) is 4.47. The first-order valence-electron chi connectivity index (χ1n) is 6.32. The van der Waals surface area contributed by atoms with Crippen molar-refractivity contribution in [2.75, 3.05) is 0 Å². The molecule has 2 nitrogen and oxygen atoms in total. The van der Waals surface area contributed by atoms with Gasteiger partial charge in [-0.2, -0.15) is 5.10 Å². The van der Waals surface area contributed by atoms with E-state index in [0.717, 1.165) is 20.5 Å². The van der Waals surface area contributed by atoms with E-state index in [4.69, 9.17) is 11.6 Å². The number of hydrogen-bond donors (Lipinski definition) is 0. The van der Waals surface area contributed by atoms with Gasteiger partial charge in [0.05, 0.1) is 26.2 Å². The molecule has 0 N–H and O–H groups in total. The van der Waals surface area contributed by atoms with Crippen LogP contribution in [-0.4, -0.2) is 9.78 Å².